The smallest absolute Gasteiger partial charge is 0.115 e. The second kappa shape index (κ2) is 3.92. The van der Waals surface area contributed by atoms with Gasteiger partial charge < -0.3 is 10.8 Å². The summed E-state index contributed by atoms with van der Waals surface area (Å²) in [6.45, 7) is 1.87. The number of benzene rings is 1. The minimum Gasteiger partial charge on any atom is -0.508 e. The van der Waals surface area contributed by atoms with Gasteiger partial charge in [0.1, 0.15) is 5.75 Å². The van der Waals surface area contributed by atoms with Crippen molar-refractivity contribution in [2.75, 3.05) is 0 Å². The number of hydrogen-bond donors (Lipinski definition) is 2. The molecule has 0 amide bonds. The SMILES string of the molecule is Cc1cc(O)ccc1[C@H](N)CC#N. The van der Waals surface area contributed by atoms with Crippen LogP contribution in [0.15, 0.2) is 18.2 Å². The molecule has 1 rings (SSSR count). The third-order valence-corrected chi connectivity index (χ3v) is 1.96. The molecule has 0 fully saturated rings. The number of phenols is 1. The van der Waals surface area contributed by atoms with E-state index in [4.69, 9.17) is 16.1 Å². The maximum Gasteiger partial charge on any atom is 0.115 e. The highest BCUT2D eigenvalue weighted by Crippen LogP contribution is 2.21. The Morgan fingerprint density at radius 2 is 2.31 bits per heavy atom. The molecule has 0 saturated carbocycles. The van der Waals surface area contributed by atoms with E-state index in [1.165, 1.54) is 0 Å². The van der Waals surface area contributed by atoms with E-state index in [1.807, 2.05) is 13.0 Å². The summed E-state index contributed by atoms with van der Waals surface area (Å²) in [4.78, 5) is 0. The van der Waals surface area contributed by atoms with Gasteiger partial charge in [0, 0.05) is 6.04 Å². The molecule has 0 aliphatic heterocycles. The molecule has 0 saturated heterocycles. The summed E-state index contributed by atoms with van der Waals surface area (Å²) in [5, 5.41) is 17.6. The van der Waals surface area contributed by atoms with E-state index in [9.17, 15) is 0 Å². The molecule has 0 aromatic heterocycles. The topological polar surface area (TPSA) is 70.0 Å². The molecule has 0 aliphatic carbocycles. The Morgan fingerprint density at radius 3 is 2.85 bits per heavy atom. The first-order valence-electron chi connectivity index (χ1n) is 4.07. The van der Waals surface area contributed by atoms with E-state index >= 15 is 0 Å². The van der Waals surface area contributed by atoms with Crippen molar-refractivity contribution in [3.63, 3.8) is 0 Å². The first-order valence-corrected chi connectivity index (χ1v) is 4.07. The first kappa shape index (κ1) is 9.56. The van der Waals surface area contributed by atoms with Crippen LogP contribution in [-0.2, 0) is 0 Å². The molecular weight excluding hydrogens is 164 g/mol. The molecule has 0 heterocycles. The summed E-state index contributed by atoms with van der Waals surface area (Å²) < 4.78 is 0. The van der Waals surface area contributed by atoms with Crippen LogP contribution < -0.4 is 5.73 Å². The second-order valence-electron chi connectivity index (χ2n) is 3.01. The number of aromatic hydroxyl groups is 1. The van der Waals surface area contributed by atoms with Crippen molar-refractivity contribution in [2.45, 2.75) is 19.4 Å². The van der Waals surface area contributed by atoms with Crippen molar-refractivity contribution in [2.24, 2.45) is 5.73 Å². The fraction of sp³-hybridized carbons (Fsp3) is 0.300. The van der Waals surface area contributed by atoms with Gasteiger partial charge in [0.05, 0.1) is 12.5 Å². The fourth-order valence-corrected chi connectivity index (χ4v) is 1.28. The predicted octanol–water partition coefficient (Wildman–Crippen LogP) is 1.61. The molecule has 1 atom stereocenters. The quantitative estimate of drug-likeness (QED) is 0.719. The van der Waals surface area contributed by atoms with Crippen molar-refractivity contribution < 1.29 is 5.11 Å². The molecular formula is C10H12N2O. The van der Waals surface area contributed by atoms with Crippen molar-refractivity contribution in [3.8, 4) is 11.8 Å². The lowest BCUT2D eigenvalue weighted by Crippen LogP contribution is -2.10. The van der Waals surface area contributed by atoms with Gasteiger partial charge in [-0.3, -0.25) is 0 Å². The van der Waals surface area contributed by atoms with Gasteiger partial charge in [-0.1, -0.05) is 6.07 Å². The maximum absolute atomic E-state index is 9.14. The molecule has 68 valence electrons. The average molecular weight is 176 g/mol. The minimum atomic E-state index is -0.259. The highest BCUT2D eigenvalue weighted by Gasteiger charge is 2.08. The van der Waals surface area contributed by atoms with Crippen LogP contribution in [0.5, 0.6) is 5.75 Å². The van der Waals surface area contributed by atoms with E-state index in [-0.39, 0.29) is 11.8 Å². The standard InChI is InChI=1S/C10H12N2O/c1-7-6-8(13)2-3-9(7)10(12)4-5-11/h2-3,6,10,13H,4,12H2,1H3/t10-/m1/s1. The molecule has 13 heavy (non-hydrogen) atoms. The molecule has 0 spiro atoms. The van der Waals surface area contributed by atoms with Crippen LogP contribution >= 0.6 is 0 Å². The lowest BCUT2D eigenvalue weighted by molar-refractivity contribution is 0.474. The zero-order valence-corrected chi connectivity index (χ0v) is 7.49. The van der Waals surface area contributed by atoms with Crippen molar-refractivity contribution >= 4 is 0 Å². The van der Waals surface area contributed by atoms with E-state index in [0.29, 0.717) is 6.42 Å². The van der Waals surface area contributed by atoms with E-state index in [1.54, 1.807) is 18.2 Å². The number of hydrogen-bond acceptors (Lipinski definition) is 3. The van der Waals surface area contributed by atoms with Gasteiger partial charge in [0.15, 0.2) is 0 Å². The van der Waals surface area contributed by atoms with Gasteiger partial charge in [0.25, 0.3) is 0 Å². The lowest BCUT2D eigenvalue weighted by Gasteiger charge is -2.11. The van der Waals surface area contributed by atoms with Gasteiger partial charge >= 0.3 is 0 Å². The summed E-state index contributed by atoms with van der Waals surface area (Å²) in [5.41, 5.74) is 7.59. The van der Waals surface area contributed by atoms with E-state index < -0.39 is 0 Å². The van der Waals surface area contributed by atoms with Crippen LogP contribution in [0.3, 0.4) is 0 Å². The second-order valence-corrected chi connectivity index (χ2v) is 3.01. The summed E-state index contributed by atoms with van der Waals surface area (Å²) in [5.74, 6) is 0.227. The lowest BCUT2D eigenvalue weighted by atomic mass is 10.00. The fourth-order valence-electron chi connectivity index (χ4n) is 1.28. The third-order valence-electron chi connectivity index (χ3n) is 1.96. The maximum atomic E-state index is 9.14. The molecule has 0 unspecified atom stereocenters. The molecule has 3 N–H and O–H groups in total. The van der Waals surface area contributed by atoms with Crippen LogP contribution in [0.4, 0.5) is 0 Å². The average Bonchev–Trinajstić information content (AvgIpc) is 2.04. The Kier molecular flexibility index (Phi) is 2.88. The Labute approximate surface area is 77.4 Å². The summed E-state index contributed by atoms with van der Waals surface area (Å²) >= 11 is 0. The Hall–Kier alpha value is -1.53. The van der Waals surface area contributed by atoms with Crippen molar-refractivity contribution in [3.05, 3.63) is 29.3 Å². The van der Waals surface area contributed by atoms with Crippen LogP contribution in [0, 0.1) is 18.3 Å². The van der Waals surface area contributed by atoms with E-state index in [0.717, 1.165) is 11.1 Å². The summed E-state index contributed by atoms with van der Waals surface area (Å²) in [6.07, 6.45) is 0.297. The number of phenolic OH excluding ortho intramolecular Hbond substituents is 1. The largest absolute Gasteiger partial charge is 0.508 e. The van der Waals surface area contributed by atoms with Gasteiger partial charge in [-0.2, -0.15) is 5.26 Å². The van der Waals surface area contributed by atoms with Crippen molar-refractivity contribution in [1.29, 1.82) is 5.26 Å². The highest BCUT2D eigenvalue weighted by atomic mass is 16.3. The number of nitriles is 1. The van der Waals surface area contributed by atoms with Crippen LogP contribution in [-0.4, -0.2) is 5.11 Å². The Morgan fingerprint density at radius 1 is 1.62 bits per heavy atom. The molecule has 0 radical (unpaired) electrons. The van der Waals surface area contributed by atoms with Gasteiger partial charge in [0.2, 0.25) is 0 Å². The van der Waals surface area contributed by atoms with Crippen molar-refractivity contribution in [1.82, 2.24) is 0 Å². The molecule has 0 bridgehead atoms. The number of nitrogens with zero attached hydrogens (tertiary/aromatic N) is 1. The molecule has 1 aromatic carbocycles. The normalized spacial score (nSPS) is 12.1. The van der Waals surface area contributed by atoms with Crippen LogP contribution in [0.2, 0.25) is 0 Å². The monoisotopic (exact) mass is 176 g/mol. The number of nitrogens with two attached hydrogens (primary N) is 1. The van der Waals surface area contributed by atoms with Crippen LogP contribution in [0.25, 0.3) is 0 Å². The van der Waals surface area contributed by atoms with Gasteiger partial charge in [-0.15, -0.1) is 0 Å². The van der Waals surface area contributed by atoms with E-state index in [2.05, 4.69) is 0 Å². The molecule has 0 aliphatic rings. The zero-order chi connectivity index (χ0) is 9.84. The minimum absolute atomic E-state index is 0.227. The Balaban J connectivity index is 2.96. The van der Waals surface area contributed by atoms with Gasteiger partial charge in [-0.25, -0.2) is 0 Å². The Bertz CT molecular complexity index is 341. The molecule has 3 heteroatoms. The molecule has 1 aromatic rings. The third kappa shape index (κ3) is 2.20. The predicted molar refractivity (Wildman–Crippen MR) is 50.0 cm³/mol. The number of rotatable bonds is 2. The molecule has 3 nitrogen and oxygen atoms in total. The summed E-state index contributed by atoms with van der Waals surface area (Å²) in [7, 11) is 0. The van der Waals surface area contributed by atoms with Gasteiger partial charge in [-0.05, 0) is 30.2 Å². The first-order chi connectivity index (χ1) is 6.15. The number of aryl methyl sites for hydroxylation is 1. The van der Waals surface area contributed by atoms with Crippen LogP contribution in [0.1, 0.15) is 23.6 Å². The highest BCUT2D eigenvalue weighted by molar-refractivity contribution is 5.35. The zero-order valence-electron chi connectivity index (χ0n) is 7.49. The summed E-state index contributed by atoms with van der Waals surface area (Å²) in [6, 6.07) is 6.75.